The number of nitrogens with zero attached hydrogens (tertiary/aromatic N) is 1. The Kier molecular flexibility index (Phi) is 4.96. The standard InChI is InChI=1S/C20H17BrN2O/c21-16-11-13-18(14-12-16)23(17-9-5-2-6-10-17)19(20(22)24)15-7-3-1-4-8-15/h1-14,19H,(H2,22,24). The molecule has 0 aromatic heterocycles. The van der Waals surface area contributed by atoms with Gasteiger partial charge in [0.15, 0.2) is 0 Å². The molecule has 1 amide bonds. The fourth-order valence-corrected chi connectivity index (χ4v) is 2.98. The Labute approximate surface area is 149 Å². The van der Waals surface area contributed by atoms with Gasteiger partial charge in [-0.05, 0) is 42.0 Å². The van der Waals surface area contributed by atoms with Crippen LogP contribution in [0.1, 0.15) is 11.6 Å². The summed E-state index contributed by atoms with van der Waals surface area (Å²) in [5.74, 6) is -0.395. The van der Waals surface area contributed by atoms with E-state index in [2.05, 4.69) is 15.9 Å². The first-order valence-electron chi connectivity index (χ1n) is 7.61. The van der Waals surface area contributed by atoms with Gasteiger partial charge in [-0.25, -0.2) is 0 Å². The number of carbonyl (C=O) groups is 1. The second-order valence-corrected chi connectivity index (χ2v) is 6.31. The van der Waals surface area contributed by atoms with Crippen LogP contribution in [0.15, 0.2) is 89.4 Å². The number of hydrogen-bond acceptors (Lipinski definition) is 2. The molecule has 1 atom stereocenters. The number of amides is 1. The van der Waals surface area contributed by atoms with Gasteiger partial charge in [0.1, 0.15) is 6.04 Å². The molecule has 2 N–H and O–H groups in total. The molecule has 3 rings (SSSR count). The summed E-state index contributed by atoms with van der Waals surface area (Å²) in [6.45, 7) is 0. The molecular weight excluding hydrogens is 364 g/mol. The fraction of sp³-hybridized carbons (Fsp3) is 0.0500. The molecule has 0 fully saturated rings. The Bertz CT molecular complexity index is 804. The molecular formula is C20H17BrN2O. The SMILES string of the molecule is NC(=O)C(c1ccccc1)N(c1ccccc1)c1ccc(Br)cc1. The van der Waals surface area contributed by atoms with E-state index in [0.717, 1.165) is 21.4 Å². The molecule has 0 aliphatic heterocycles. The summed E-state index contributed by atoms with van der Waals surface area (Å²) in [5.41, 5.74) is 8.45. The van der Waals surface area contributed by atoms with Gasteiger partial charge in [0.2, 0.25) is 5.91 Å². The molecule has 3 aromatic rings. The van der Waals surface area contributed by atoms with Crippen molar-refractivity contribution in [3.8, 4) is 0 Å². The van der Waals surface area contributed by atoms with Crippen molar-refractivity contribution in [3.63, 3.8) is 0 Å². The van der Waals surface area contributed by atoms with Gasteiger partial charge in [0.05, 0.1) is 0 Å². The number of nitrogens with two attached hydrogens (primary N) is 1. The summed E-state index contributed by atoms with van der Waals surface area (Å²) in [5, 5.41) is 0. The molecule has 0 saturated carbocycles. The first-order chi connectivity index (χ1) is 11.7. The molecule has 0 aliphatic carbocycles. The number of para-hydroxylation sites is 1. The van der Waals surface area contributed by atoms with Crippen molar-refractivity contribution in [3.05, 3.63) is 95.0 Å². The van der Waals surface area contributed by atoms with Crippen LogP contribution in [0.3, 0.4) is 0 Å². The zero-order valence-corrected chi connectivity index (χ0v) is 14.6. The minimum absolute atomic E-state index is 0.395. The Hall–Kier alpha value is -2.59. The van der Waals surface area contributed by atoms with E-state index in [9.17, 15) is 4.79 Å². The molecule has 3 aromatic carbocycles. The number of hydrogen-bond donors (Lipinski definition) is 1. The molecule has 0 saturated heterocycles. The molecule has 1 unspecified atom stereocenters. The third-order valence-corrected chi connectivity index (χ3v) is 4.31. The van der Waals surface area contributed by atoms with Gasteiger partial charge in [0.25, 0.3) is 0 Å². The van der Waals surface area contributed by atoms with Crippen LogP contribution in [0.2, 0.25) is 0 Å². The maximum Gasteiger partial charge on any atom is 0.245 e. The average molecular weight is 381 g/mol. The van der Waals surface area contributed by atoms with E-state index in [-0.39, 0.29) is 0 Å². The molecule has 0 radical (unpaired) electrons. The second kappa shape index (κ2) is 7.32. The lowest BCUT2D eigenvalue weighted by atomic mass is 10.0. The topological polar surface area (TPSA) is 46.3 Å². The zero-order valence-electron chi connectivity index (χ0n) is 13.0. The van der Waals surface area contributed by atoms with E-state index in [1.165, 1.54) is 0 Å². The van der Waals surface area contributed by atoms with Crippen LogP contribution in [0.5, 0.6) is 0 Å². The molecule has 4 heteroatoms. The van der Waals surface area contributed by atoms with Crippen molar-refractivity contribution >= 4 is 33.2 Å². The number of rotatable bonds is 5. The summed E-state index contributed by atoms with van der Waals surface area (Å²) < 4.78 is 0.981. The van der Waals surface area contributed by atoms with Crippen molar-refractivity contribution in [1.29, 1.82) is 0 Å². The van der Waals surface area contributed by atoms with E-state index in [1.54, 1.807) is 0 Å². The van der Waals surface area contributed by atoms with Gasteiger partial charge >= 0.3 is 0 Å². The maximum absolute atomic E-state index is 12.3. The van der Waals surface area contributed by atoms with E-state index in [0.29, 0.717) is 0 Å². The van der Waals surface area contributed by atoms with E-state index >= 15 is 0 Å². The predicted octanol–water partition coefficient (Wildman–Crippen LogP) is 4.81. The third-order valence-electron chi connectivity index (χ3n) is 3.78. The lowest BCUT2D eigenvalue weighted by Crippen LogP contribution is -2.35. The minimum atomic E-state index is -0.588. The highest BCUT2D eigenvalue weighted by atomic mass is 79.9. The van der Waals surface area contributed by atoms with Gasteiger partial charge in [-0.3, -0.25) is 4.79 Å². The zero-order chi connectivity index (χ0) is 16.9. The van der Waals surface area contributed by atoms with Crippen LogP contribution in [0.4, 0.5) is 11.4 Å². The summed E-state index contributed by atoms with van der Waals surface area (Å²) in [6.07, 6.45) is 0. The van der Waals surface area contributed by atoms with Crippen LogP contribution < -0.4 is 10.6 Å². The summed E-state index contributed by atoms with van der Waals surface area (Å²) in [4.78, 5) is 14.3. The van der Waals surface area contributed by atoms with Crippen LogP contribution in [0.25, 0.3) is 0 Å². The monoisotopic (exact) mass is 380 g/mol. The highest BCUT2D eigenvalue weighted by molar-refractivity contribution is 9.10. The Balaban J connectivity index is 2.15. The molecule has 0 heterocycles. The molecule has 0 aliphatic rings. The van der Waals surface area contributed by atoms with E-state index in [1.807, 2.05) is 89.8 Å². The second-order valence-electron chi connectivity index (χ2n) is 5.40. The highest BCUT2D eigenvalue weighted by Gasteiger charge is 2.27. The van der Waals surface area contributed by atoms with Crippen LogP contribution in [0, 0.1) is 0 Å². The van der Waals surface area contributed by atoms with Gasteiger partial charge in [-0.15, -0.1) is 0 Å². The minimum Gasteiger partial charge on any atom is -0.368 e. The summed E-state index contributed by atoms with van der Waals surface area (Å²) in [6, 6.07) is 26.6. The first-order valence-corrected chi connectivity index (χ1v) is 8.40. The van der Waals surface area contributed by atoms with Gasteiger partial charge in [0, 0.05) is 15.8 Å². The van der Waals surface area contributed by atoms with Crippen molar-refractivity contribution in [2.75, 3.05) is 4.90 Å². The number of benzene rings is 3. The number of halogens is 1. The summed E-state index contributed by atoms with van der Waals surface area (Å²) >= 11 is 3.45. The van der Waals surface area contributed by atoms with Crippen LogP contribution in [-0.4, -0.2) is 5.91 Å². The van der Waals surface area contributed by atoms with Crippen molar-refractivity contribution in [2.24, 2.45) is 5.73 Å². The molecule has 3 nitrogen and oxygen atoms in total. The Morgan fingerprint density at radius 2 is 1.29 bits per heavy atom. The van der Waals surface area contributed by atoms with Crippen LogP contribution in [-0.2, 0) is 4.79 Å². The average Bonchev–Trinajstić information content (AvgIpc) is 2.62. The lowest BCUT2D eigenvalue weighted by Gasteiger charge is -2.32. The normalized spacial score (nSPS) is 11.7. The Morgan fingerprint density at radius 1 is 0.792 bits per heavy atom. The molecule has 0 spiro atoms. The van der Waals surface area contributed by atoms with Crippen molar-refractivity contribution in [2.45, 2.75) is 6.04 Å². The number of anilines is 2. The quantitative estimate of drug-likeness (QED) is 0.689. The van der Waals surface area contributed by atoms with E-state index in [4.69, 9.17) is 5.73 Å². The van der Waals surface area contributed by atoms with Crippen molar-refractivity contribution in [1.82, 2.24) is 0 Å². The lowest BCUT2D eigenvalue weighted by molar-refractivity contribution is -0.119. The van der Waals surface area contributed by atoms with Gasteiger partial charge in [-0.2, -0.15) is 0 Å². The van der Waals surface area contributed by atoms with Crippen molar-refractivity contribution < 1.29 is 4.79 Å². The maximum atomic E-state index is 12.3. The van der Waals surface area contributed by atoms with E-state index < -0.39 is 11.9 Å². The summed E-state index contributed by atoms with van der Waals surface area (Å²) in [7, 11) is 0. The Morgan fingerprint density at radius 3 is 1.83 bits per heavy atom. The van der Waals surface area contributed by atoms with Gasteiger partial charge < -0.3 is 10.6 Å². The van der Waals surface area contributed by atoms with Crippen LogP contribution >= 0.6 is 15.9 Å². The van der Waals surface area contributed by atoms with Gasteiger partial charge in [-0.1, -0.05) is 64.5 Å². The number of carbonyl (C=O) groups excluding carboxylic acids is 1. The first kappa shape index (κ1) is 16.3. The number of primary amides is 1. The molecule has 24 heavy (non-hydrogen) atoms. The molecule has 0 bridgehead atoms. The largest absolute Gasteiger partial charge is 0.368 e. The third kappa shape index (κ3) is 3.49. The highest BCUT2D eigenvalue weighted by Crippen LogP contribution is 2.35. The smallest absolute Gasteiger partial charge is 0.245 e. The predicted molar refractivity (Wildman–Crippen MR) is 101 cm³/mol. The molecule has 120 valence electrons. The fourth-order valence-electron chi connectivity index (χ4n) is 2.71.